The number of likely N-dealkylation sites (tertiary alicyclic amines) is 1. The monoisotopic (exact) mass is 405 g/mol. The van der Waals surface area contributed by atoms with Gasteiger partial charge in [0.25, 0.3) is 5.91 Å². The minimum atomic E-state index is -0.954. The van der Waals surface area contributed by atoms with Crippen LogP contribution in [0, 0.1) is 6.92 Å². The number of H-pyrrole nitrogens is 1. The van der Waals surface area contributed by atoms with Gasteiger partial charge in [0.15, 0.2) is 0 Å². The lowest BCUT2D eigenvalue weighted by Crippen LogP contribution is -2.31. The summed E-state index contributed by atoms with van der Waals surface area (Å²) in [5.74, 6) is -0.443. The Morgan fingerprint density at radius 2 is 2.10 bits per heavy atom. The van der Waals surface area contributed by atoms with Crippen LogP contribution < -0.4 is 4.74 Å². The van der Waals surface area contributed by atoms with Gasteiger partial charge in [0, 0.05) is 29.4 Å². The molecule has 7 nitrogen and oxygen atoms in total. The van der Waals surface area contributed by atoms with E-state index in [1.165, 1.54) is 0 Å². The number of aromatic nitrogens is 2. The van der Waals surface area contributed by atoms with Crippen LogP contribution in [0.2, 0.25) is 0 Å². The van der Waals surface area contributed by atoms with Gasteiger partial charge >= 0.3 is 5.97 Å². The Kier molecular flexibility index (Phi) is 5.27. The zero-order valence-electron chi connectivity index (χ0n) is 16.9. The van der Waals surface area contributed by atoms with Gasteiger partial charge in [-0.3, -0.25) is 9.89 Å². The third-order valence-corrected chi connectivity index (χ3v) is 5.74. The Morgan fingerprint density at radius 1 is 1.27 bits per heavy atom. The summed E-state index contributed by atoms with van der Waals surface area (Å²) >= 11 is 0. The number of nitrogens with one attached hydrogen (secondary N) is 1. The molecule has 3 aromatic rings. The van der Waals surface area contributed by atoms with Crippen LogP contribution in [0.1, 0.15) is 50.7 Å². The van der Waals surface area contributed by atoms with E-state index in [0.29, 0.717) is 23.4 Å². The van der Waals surface area contributed by atoms with Crippen molar-refractivity contribution in [2.75, 3.05) is 13.7 Å². The molecular formula is C23H23N3O4. The highest BCUT2D eigenvalue weighted by atomic mass is 16.5. The van der Waals surface area contributed by atoms with Gasteiger partial charge < -0.3 is 14.7 Å². The number of ether oxygens (including phenoxy) is 1. The number of benzene rings is 2. The Morgan fingerprint density at radius 3 is 2.80 bits per heavy atom. The first-order valence-electron chi connectivity index (χ1n) is 9.82. The minimum Gasteiger partial charge on any atom is -0.496 e. The van der Waals surface area contributed by atoms with Crippen molar-refractivity contribution >= 4 is 11.9 Å². The molecular weight excluding hydrogens is 382 g/mol. The van der Waals surface area contributed by atoms with Gasteiger partial charge in [0.2, 0.25) is 0 Å². The summed E-state index contributed by atoms with van der Waals surface area (Å²) in [4.78, 5) is 26.7. The lowest BCUT2D eigenvalue weighted by molar-refractivity contribution is 0.0695. The number of nitrogens with zero attached hydrogens (tertiary/aromatic N) is 2. The van der Waals surface area contributed by atoms with E-state index in [4.69, 9.17) is 4.74 Å². The van der Waals surface area contributed by atoms with Gasteiger partial charge in [-0.2, -0.15) is 5.10 Å². The fourth-order valence-electron chi connectivity index (χ4n) is 4.21. The fraction of sp³-hybridized carbons (Fsp3) is 0.261. The second kappa shape index (κ2) is 8.02. The van der Waals surface area contributed by atoms with E-state index in [2.05, 4.69) is 10.2 Å². The number of carboxylic acid groups (broad SMARTS) is 1. The van der Waals surface area contributed by atoms with Crippen molar-refractivity contribution < 1.29 is 19.4 Å². The number of rotatable bonds is 5. The standard InChI is InChI=1S/C23H23N3O4/c1-14-17(5-3-6-18(14)23(28)29)20-7-4-10-26(20)22(27)15-8-9-19(21(11-15)30-2)16-12-24-25-13-16/h3,5-6,8-9,11-13,20H,4,7,10H2,1-2H3,(H,24,25)(H,28,29)/t20-/m1/s1. The maximum Gasteiger partial charge on any atom is 0.335 e. The number of amides is 1. The molecule has 0 unspecified atom stereocenters. The molecule has 154 valence electrons. The van der Waals surface area contributed by atoms with Gasteiger partial charge in [-0.1, -0.05) is 12.1 Å². The third-order valence-electron chi connectivity index (χ3n) is 5.74. The number of hydrogen-bond acceptors (Lipinski definition) is 4. The molecule has 1 saturated heterocycles. The van der Waals surface area contributed by atoms with Crippen LogP contribution in [-0.2, 0) is 0 Å². The third kappa shape index (κ3) is 3.43. The van der Waals surface area contributed by atoms with Crippen molar-refractivity contribution in [3.63, 3.8) is 0 Å². The first kappa shape index (κ1) is 19.7. The zero-order valence-corrected chi connectivity index (χ0v) is 16.9. The molecule has 2 heterocycles. The van der Waals surface area contributed by atoms with Crippen molar-refractivity contribution in [1.82, 2.24) is 15.1 Å². The molecule has 1 aliphatic rings. The van der Waals surface area contributed by atoms with Gasteiger partial charge in [-0.15, -0.1) is 0 Å². The summed E-state index contributed by atoms with van der Waals surface area (Å²) in [5, 5.41) is 16.2. The average Bonchev–Trinajstić information content (AvgIpc) is 3.45. The highest BCUT2D eigenvalue weighted by Gasteiger charge is 2.32. The van der Waals surface area contributed by atoms with Crippen LogP contribution in [0.5, 0.6) is 5.75 Å². The van der Waals surface area contributed by atoms with Gasteiger partial charge in [0.1, 0.15) is 5.75 Å². The maximum atomic E-state index is 13.4. The van der Waals surface area contributed by atoms with E-state index < -0.39 is 5.97 Å². The zero-order chi connectivity index (χ0) is 21.3. The molecule has 1 atom stereocenters. The summed E-state index contributed by atoms with van der Waals surface area (Å²) in [7, 11) is 1.58. The summed E-state index contributed by atoms with van der Waals surface area (Å²) in [5.41, 5.74) is 4.15. The topological polar surface area (TPSA) is 95.5 Å². The Hall–Kier alpha value is -3.61. The van der Waals surface area contributed by atoms with E-state index >= 15 is 0 Å². The second-order valence-corrected chi connectivity index (χ2v) is 7.38. The molecule has 30 heavy (non-hydrogen) atoms. The molecule has 1 amide bonds. The molecule has 0 saturated carbocycles. The predicted octanol–water partition coefficient (Wildman–Crippen LogP) is 4.07. The molecule has 1 aliphatic heterocycles. The summed E-state index contributed by atoms with van der Waals surface area (Å²) < 4.78 is 5.52. The van der Waals surface area contributed by atoms with Crippen LogP contribution in [0.4, 0.5) is 0 Å². The molecule has 1 fully saturated rings. The Balaban J connectivity index is 1.66. The highest BCUT2D eigenvalue weighted by Crippen LogP contribution is 2.37. The molecule has 1 aromatic heterocycles. The first-order valence-corrected chi connectivity index (χ1v) is 9.82. The number of carboxylic acids is 1. The fourth-order valence-corrected chi connectivity index (χ4v) is 4.21. The average molecular weight is 405 g/mol. The summed E-state index contributed by atoms with van der Waals surface area (Å²) in [6.07, 6.45) is 5.15. The number of aromatic carboxylic acids is 1. The van der Waals surface area contributed by atoms with Crippen LogP contribution in [0.3, 0.4) is 0 Å². The summed E-state index contributed by atoms with van der Waals surface area (Å²) in [6, 6.07) is 10.5. The SMILES string of the molecule is COc1cc(C(=O)N2CCC[C@@H]2c2cccc(C(=O)O)c2C)ccc1-c1cn[nH]c1. The molecule has 0 aliphatic carbocycles. The van der Waals surface area contributed by atoms with Crippen molar-refractivity contribution in [2.45, 2.75) is 25.8 Å². The van der Waals surface area contributed by atoms with Gasteiger partial charge in [-0.05, 0) is 55.2 Å². The maximum absolute atomic E-state index is 13.4. The van der Waals surface area contributed by atoms with Crippen LogP contribution >= 0.6 is 0 Å². The Bertz CT molecular complexity index is 1090. The minimum absolute atomic E-state index is 0.0883. The van der Waals surface area contributed by atoms with E-state index in [-0.39, 0.29) is 17.5 Å². The van der Waals surface area contributed by atoms with E-state index in [1.807, 2.05) is 24.0 Å². The number of hydrogen-bond donors (Lipinski definition) is 2. The number of carbonyl (C=O) groups is 2. The first-order chi connectivity index (χ1) is 14.5. The van der Waals surface area contributed by atoms with Crippen molar-refractivity contribution in [3.05, 3.63) is 71.0 Å². The highest BCUT2D eigenvalue weighted by molar-refractivity contribution is 5.96. The normalized spacial score (nSPS) is 15.9. The number of methoxy groups -OCH3 is 1. The molecule has 7 heteroatoms. The molecule has 2 aromatic carbocycles. The van der Waals surface area contributed by atoms with Crippen molar-refractivity contribution in [1.29, 1.82) is 0 Å². The summed E-state index contributed by atoms with van der Waals surface area (Å²) in [6.45, 7) is 2.44. The van der Waals surface area contributed by atoms with Crippen LogP contribution in [-0.4, -0.2) is 45.7 Å². The Labute approximate surface area is 174 Å². The molecule has 4 rings (SSSR count). The van der Waals surface area contributed by atoms with Crippen LogP contribution in [0.25, 0.3) is 11.1 Å². The molecule has 0 spiro atoms. The molecule has 0 bridgehead atoms. The van der Waals surface area contributed by atoms with E-state index in [1.54, 1.807) is 43.8 Å². The second-order valence-electron chi connectivity index (χ2n) is 7.38. The predicted molar refractivity (Wildman–Crippen MR) is 112 cm³/mol. The molecule has 2 N–H and O–H groups in total. The lowest BCUT2D eigenvalue weighted by Gasteiger charge is -2.27. The lowest BCUT2D eigenvalue weighted by atomic mass is 9.95. The smallest absolute Gasteiger partial charge is 0.335 e. The van der Waals surface area contributed by atoms with Gasteiger partial charge in [-0.25, -0.2) is 4.79 Å². The quantitative estimate of drug-likeness (QED) is 0.667. The van der Waals surface area contributed by atoms with Crippen molar-refractivity contribution in [2.24, 2.45) is 0 Å². The van der Waals surface area contributed by atoms with Crippen molar-refractivity contribution in [3.8, 4) is 16.9 Å². The largest absolute Gasteiger partial charge is 0.496 e. The molecule has 0 radical (unpaired) electrons. The van der Waals surface area contributed by atoms with Crippen LogP contribution in [0.15, 0.2) is 48.8 Å². The van der Waals surface area contributed by atoms with E-state index in [9.17, 15) is 14.7 Å². The van der Waals surface area contributed by atoms with Gasteiger partial charge in [0.05, 0.1) is 24.9 Å². The number of carbonyl (C=O) groups excluding carboxylic acids is 1. The van der Waals surface area contributed by atoms with E-state index in [0.717, 1.165) is 29.5 Å². The number of aromatic amines is 1.